The van der Waals surface area contributed by atoms with Crippen molar-refractivity contribution in [1.82, 2.24) is 9.80 Å². The van der Waals surface area contributed by atoms with Gasteiger partial charge in [0.15, 0.2) is 0 Å². The molecule has 0 aromatic carbocycles. The smallest absolute Gasteiger partial charge is 0.0571 e. The maximum Gasteiger partial charge on any atom is 0.0571 e. The fourth-order valence-corrected chi connectivity index (χ4v) is 2.74. The third-order valence-electron chi connectivity index (χ3n) is 4.68. The molecule has 1 heterocycles. The molecule has 0 atom stereocenters. The van der Waals surface area contributed by atoms with Crippen LogP contribution in [0.1, 0.15) is 72.1 Å². The van der Waals surface area contributed by atoms with E-state index in [0.29, 0.717) is 12.7 Å². The average molecular weight is 345 g/mol. The molecule has 0 aromatic heterocycles. The number of nitrogens with zero attached hydrogens (tertiary/aromatic N) is 2. The molecule has 1 saturated heterocycles. The van der Waals surface area contributed by atoms with E-state index in [1.807, 2.05) is 0 Å². The molecule has 2 aliphatic rings. The number of methoxy groups -OCH3 is 1. The highest BCUT2D eigenvalue weighted by molar-refractivity contribution is 4.70. The van der Waals surface area contributed by atoms with E-state index in [0.717, 1.165) is 6.42 Å². The van der Waals surface area contributed by atoms with Crippen molar-refractivity contribution in [3.05, 3.63) is 0 Å². The summed E-state index contributed by atoms with van der Waals surface area (Å²) < 4.78 is 4.99. The minimum atomic E-state index is 0.356. The molecule has 0 amide bonds. The molecule has 2 rings (SSSR count). The molecule has 0 radical (unpaired) electrons. The largest absolute Gasteiger partial charge is 0.396 e. The van der Waals surface area contributed by atoms with Gasteiger partial charge in [0.1, 0.15) is 0 Å². The van der Waals surface area contributed by atoms with Gasteiger partial charge in [0.05, 0.1) is 6.10 Å². The van der Waals surface area contributed by atoms with Crippen LogP contribution in [-0.4, -0.2) is 74.0 Å². The summed E-state index contributed by atoms with van der Waals surface area (Å²) in [5.74, 6) is 0. The lowest BCUT2D eigenvalue weighted by Crippen LogP contribution is -2.46. The lowest BCUT2D eigenvalue weighted by molar-refractivity contribution is 0.0412. The second-order valence-corrected chi connectivity index (χ2v) is 6.91. The van der Waals surface area contributed by atoms with Crippen molar-refractivity contribution in [2.75, 3.05) is 53.0 Å². The number of piperazine rings is 1. The number of hydrogen-bond donors (Lipinski definition) is 1. The molecule has 4 heteroatoms. The first-order valence-corrected chi connectivity index (χ1v) is 10.3. The SMILES string of the molecule is CCC.CCN1CCN(CCCCCCO)CC1.COC1CCC1. The zero-order chi connectivity index (χ0) is 18.0. The monoisotopic (exact) mass is 344 g/mol. The zero-order valence-electron chi connectivity index (χ0n) is 16.9. The van der Waals surface area contributed by atoms with Gasteiger partial charge in [-0.1, -0.05) is 40.0 Å². The van der Waals surface area contributed by atoms with Crippen molar-refractivity contribution in [2.45, 2.75) is 78.2 Å². The fourth-order valence-electron chi connectivity index (χ4n) is 2.74. The van der Waals surface area contributed by atoms with Crippen LogP contribution in [0, 0.1) is 0 Å². The molecular weight excluding hydrogens is 300 g/mol. The number of hydrogen-bond acceptors (Lipinski definition) is 4. The number of likely N-dealkylation sites (N-methyl/N-ethyl adjacent to an activating group) is 1. The van der Waals surface area contributed by atoms with Crippen LogP contribution in [0.4, 0.5) is 0 Å². The predicted molar refractivity (Wildman–Crippen MR) is 105 cm³/mol. The van der Waals surface area contributed by atoms with Crippen molar-refractivity contribution in [1.29, 1.82) is 0 Å². The fraction of sp³-hybridized carbons (Fsp3) is 1.00. The molecule has 1 aliphatic heterocycles. The molecule has 1 aliphatic carbocycles. The minimum absolute atomic E-state index is 0.356. The molecule has 1 N–H and O–H groups in total. The van der Waals surface area contributed by atoms with Gasteiger partial charge in [-0.05, 0) is 45.2 Å². The molecule has 4 nitrogen and oxygen atoms in total. The topological polar surface area (TPSA) is 35.9 Å². The molecule has 1 saturated carbocycles. The van der Waals surface area contributed by atoms with Crippen LogP contribution in [0.25, 0.3) is 0 Å². The molecule has 24 heavy (non-hydrogen) atoms. The summed E-state index contributed by atoms with van der Waals surface area (Å²) in [6, 6.07) is 0. The molecular formula is C20H44N2O2. The van der Waals surface area contributed by atoms with Crippen LogP contribution in [0.15, 0.2) is 0 Å². The zero-order valence-corrected chi connectivity index (χ0v) is 16.9. The molecule has 0 aromatic rings. The van der Waals surface area contributed by atoms with Gasteiger partial charge in [-0.15, -0.1) is 0 Å². The highest BCUT2D eigenvalue weighted by Gasteiger charge is 2.15. The molecule has 2 fully saturated rings. The maximum absolute atomic E-state index is 8.65. The number of unbranched alkanes of at least 4 members (excludes halogenated alkanes) is 3. The van der Waals surface area contributed by atoms with E-state index < -0.39 is 0 Å². The van der Waals surface area contributed by atoms with Gasteiger partial charge in [-0.3, -0.25) is 0 Å². The second kappa shape index (κ2) is 17.7. The Morgan fingerprint density at radius 1 is 0.875 bits per heavy atom. The Morgan fingerprint density at radius 2 is 1.42 bits per heavy atom. The van der Waals surface area contributed by atoms with Crippen LogP contribution in [0.2, 0.25) is 0 Å². The van der Waals surface area contributed by atoms with E-state index in [-0.39, 0.29) is 0 Å². The van der Waals surface area contributed by atoms with E-state index in [2.05, 4.69) is 30.6 Å². The van der Waals surface area contributed by atoms with Crippen LogP contribution in [0.5, 0.6) is 0 Å². The number of aliphatic hydroxyl groups excluding tert-OH is 1. The van der Waals surface area contributed by atoms with Gasteiger partial charge < -0.3 is 19.6 Å². The lowest BCUT2D eigenvalue weighted by atomic mass is 9.96. The molecule has 146 valence electrons. The van der Waals surface area contributed by atoms with Crippen LogP contribution >= 0.6 is 0 Å². The number of ether oxygens (including phenoxy) is 1. The summed E-state index contributed by atoms with van der Waals surface area (Å²) in [6.07, 6.45) is 10.5. The molecule has 0 unspecified atom stereocenters. The Bertz CT molecular complexity index is 237. The normalized spacial score (nSPS) is 18.9. The van der Waals surface area contributed by atoms with E-state index >= 15 is 0 Å². The van der Waals surface area contributed by atoms with Gasteiger partial charge >= 0.3 is 0 Å². The Balaban J connectivity index is 0.000000482. The van der Waals surface area contributed by atoms with Crippen molar-refractivity contribution < 1.29 is 9.84 Å². The summed E-state index contributed by atoms with van der Waals surface area (Å²) in [6.45, 7) is 14.3. The van der Waals surface area contributed by atoms with Crippen molar-refractivity contribution in [3.8, 4) is 0 Å². The van der Waals surface area contributed by atoms with Crippen molar-refractivity contribution in [3.63, 3.8) is 0 Å². The van der Waals surface area contributed by atoms with Gasteiger partial charge in [0, 0.05) is 39.9 Å². The Labute approximate surface area is 151 Å². The summed E-state index contributed by atoms with van der Waals surface area (Å²) in [4.78, 5) is 5.09. The van der Waals surface area contributed by atoms with E-state index in [1.54, 1.807) is 7.11 Å². The van der Waals surface area contributed by atoms with E-state index in [4.69, 9.17) is 9.84 Å². The van der Waals surface area contributed by atoms with Crippen molar-refractivity contribution >= 4 is 0 Å². The first kappa shape index (κ1) is 23.8. The van der Waals surface area contributed by atoms with Crippen molar-refractivity contribution in [2.24, 2.45) is 0 Å². The Kier molecular flexibility index (Phi) is 17.5. The highest BCUT2D eigenvalue weighted by atomic mass is 16.5. The number of rotatable bonds is 8. The van der Waals surface area contributed by atoms with Crippen LogP contribution < -0.4 is 0 Å². The first-order valence-electron chi connectivity index (χ1n) is 10.3. The standard InChI is InChI=1S/C12H26N2O.C5H10O.C3H8/c1-2-13-8-10-14(11-9-13)7-5-3-4-6-12-15;1-6-5-3-2-4-5;1-3-2/h15H,2-12H2,1H3;5H,2-4H2,1H3;3H2,1-2H3. The maximum atomic E-state index is 8.65. The van der Waals surface area contributed by atoms with Gasteiger partial charge in [0.25, 0.3) is 0 Å². The second-order valence-electron chi connectivity index (χ2n) is 6.91. The van der Waals surface area contributed by atoms with Gasteiger partial charge in [-0.25, -0.2) is 0 Å². The van der Waals surface area contributed by atoms with E-state index in [1.165, 1.54) is 84.2 Å². The number of aliphatic hydroxyl groups is 1. The van der Waals surface area contributed by atoms with Gasteiger partial charge in [0.2, 0.25) is 0 Å². The highest BCUT2D eigenvalue weighted by Crippen LogP contribution is 2.20. The first-order chi connectivity index (χ1) is 11.7. The summed E-state index contributed by atoms with van der Waals surface area (Å²) in [5, 5.41) is 8.65. The Hall–Kier alpha value is -0.160. The molecule has 0 spiro atoms. The lowest BCUT2D eigenvalue weighted by Gasteiger charge is -2.33. The quantitative estimate of drug-likeness (QED) is 0.680. The summed E-state index contributed by atoms with van der Waals surface area (Å²) >= 11 is 0. The Morgan fingerprint density at radius 3 is 1.79 bits per heavy atom. The predicted octanol–water partition coefficient (Wildman–Crippen LogP) is 3.78. The van der Waals surface area contributed by atoms with Crippen LogP contribution in [0.3, 0.4) is 0 Å². The third-order valence-corrected chi connectivity index (χ3v) is 4.68. The summed E-state index contributed by atoms with van der Waals surface area (Å²) in [5.41, 5.74) is 0. The van der Waals surface area contributed by atoms with E-state index in [9.17, 15) is 0 Å². The van der Waals surface area contributed by atoms with Crippen LogP contribution in [-0.2, 0) is 4.74 Å². The average Bonchev–Trinajstić information content (AvgIpc) is 2.56. The summed E-state index contributed by atoms with van der Waals surface area (Å²) in [7, 11) is 1.78. The minimum Gasteiger partial charge on any atom is -0.396 e. The molecule has 0 bridgehead atoms. The van der Waals surface area contributed by atoms with Gasteiger partial charge in [-0.2, -0.15) is 0 Å². The third kappa shape index (κ3) is 13.2.